The lowest BCUT2D eigenvalue weighted by molar-refractivity contribution is 0.00578. The summed E-state index contributed by atoms with van der Waals surface area (Å²) in [5, 5.41) is 0. The van der Waals surface area contributed by atoms with Crippen molar-refractivity contribution in [3.63, 3.8) is 0 Å². The van der Waals surface area contributed by atoms with E-state index in [9.17, 15) is 9.59 Å². The lowest BCUT2D eigenvalue weighted by Crippen LogP contribution is -2.51. The van der Waals surface area contributed by atoms with Crippen LogP contribution in [0.2, 0.25) is 0 Å². The first-order chi connectivity index (χ1) is 15.7. The molecule has 0 saturated carbocycles. The SMILES string of the molecule is COc1cc(B2OC(C)(C)C(C)(C)O2)cc(OC)c1C(=O)N1CCN(C(=O)OC(C)(C)C)CC1. The van der Waals surface area contributed by atoms with Gasteiger partial charge in [-0.3, -0.25) is 4.79 Å². The minimum atomic E-state index is -0.616. The fourth-order valence-electron chi connectivity index (χ4n) is 3.83. The molecular formula is C24H37BN2O7. The first-order valence-electron chi connectivity index (χ1n) is 11.6. The van der Waals surface area contributed by atoms with Crippen molar-refractivity contribution in [1.82, 2.24) is 9.80 Å². The molecule has 0 aromatic heterocycles. The number of methoxy groups -OCH3 is 2. The van der Waals surface area contributed by atoms with Gasteiger partial charge < -0.3 is 33.3 Å². The van der Waals surface area contributed by atoms with Gasteiger partial charge in [0.2, 0.25) is 0 Å². The largest absolute Gasteiger partial charge is 0.496 e. The number of hydrogen-bond donors (Lipinski definition) is 0. The van der Waals surface area contributed by atoms with Gasteiger partial charge in [0.1, 0.15) is 22.7 Å². The summed E-state index contributed by atoms with van der Waals surface area (Å²) in [6, 6.07) is 3.52. The van der Waals surface area contributed by atoms with E-state index in [-0.39, 0.29) is 12.0 Å². The van der Waals surface area contributed by atoms with E-state index in [4.69, 9.17) is 23.5 Å². The van der Waals surface area contributed by atoms with Gasteiger partial charge in [-0.15, -0.1) is 0 Å². The Morgan fingerprint density at radius 3 is 1.74 bits per heavy atom. The van der Waals surface area contributed by atoms with Gasteiger partial charge in [-0.1, -0.05) is 0 Å². The first kappa shape index (κ1) is 26.2. The topological polar surface area (TPSA) is 86.8 Å². The predicted molar refractivity (Wildman–Crippen MR) is 129 cm³/mol. The van der Waals surface area contributed by atoms with Gasteiger partial charge in [0.15, 0.2) is 0 Å². The second-order valence-corrected chi connectivity index (χ2v) is 10.6. The molecule has 1 aromatic rings. The highest BCUT2D eigenvalue weighted by molar-refractivity contribution is 6.62. The maximum atomic E-state index is 13.5. The highest BCUT2D eigenvalue weighted by Gasteiger charge is 2.52. The number of nitrogens with zero attached hydrogens (tertiary/aromatic N) is 2. The second kappa shape index (κ2) is 9.30. The number of ether oxygens (including phenoxy) is 3. The smallest absolute Gasteiger partial charge is 0.495 e. The highest BCUT2D eigenvalue weighted by Crippen LogP contribution is 2.38. The molecule has 188 valence electrons. The molecule has 2 aliphatic heterocycles. The van der Waals surface area contributed by atoms with Crippen LogP contribution in [0.4, 0.5) is 4.79 Å². The lowest BCUT2D eigenvalue weighted by atomic mass is 9.78. The summed E-state index contributed by atoms with van der Waals surface area (Å²) in [6.45, 7) is 14.9. The minimum Gasteiger partial charge on any atom is -0.496 e. The van der Waals surface area contributed by atoms with E-state index in [1.54, 1.807) is 21.9 Å². The van der Waals surface area contributed by atoms with Crippen LogP contribution in [-0.2, 0) is 14.0 Å². The predicted octanol–water partition coefficient (Wildman–Crippen LogP) is 2.70. The quantitative estimate of drug-likeness (QED) is 0.618. The molecule has 0 spiro atoms. The number of benzene rings is 1. The third kappa shape index (κ3) is 5.28. The molecule has 9 nitrogen and oxygen atoms in total. The van der Waals surface area contributed by atoms with E-state index in [1.807, 2.05) is 48.5 Å². The third-order valence-corrected chi connectivity index (χ3v) is 6.49. The zero-order chi connectivity index (χ0) is 25.5. The Kier molecular flexibility index (Phi) is 7.15. The number of carbonyl (C=O) groups is 2. The molecule has 0 radical (unpaired) electrons. The fraction of sp³-hybridized carbons (Fsp3) is 0.667. The van der Waals surface area contributed by atoms with E-state index >= 15 is 0 Å². The molecule has 2 aliphatic rings. The Morgan fingerprint density at radius 2 is 1.32 bits per heavy atom. The van der Waals surface area contributed by atoms with Gasteiger partial charge in [0, 0.05) is 26.2 Å². The van der Waals surface area contributed by atoms with Crippen LogP contribution >= 0.6 is 0 Å². The summed E-state index contributed by atoms with van der Waals surface area (Å²) in [6.07, 6.45) is -0.374. The molecule has 2 amide bonds. The second-order valence-electron chi connectivity index (χ2n) is 10.6. The van der Waals surface area contributed by atoms with Crippen LogP contribution in [0, 0.1) is 0 Å². The molecule has 0 bridgehead atoms. The van der Waals surface area contributed by atoms with Crippen molar-refractivity contribution in [2.24, 2.45) is 0 Å². The average molecular weight is 476 g/mol. The number of amides is 2. The Bertz CT molecular complexity index is 893. The first-order valence-corrected chi connectivity index (χ1v) is 11.6. The Morgan fingerprint density at radius 1 is 0.882 bits per heavy atom. The lowest BCUT2D eigenvalue weighted by Gasteiger charge is -2.36. The molecule has 2 fully saturated rings. The van der Waals surface area contributed by atoms with E-state index in [0.717, 1.165) is 0 Å². The van der Waals surface area contributed by atoms with Gasteiger partial charge in [-0.05, 0) is 66.1 Å². The highest BCUT2D eigenvalue weighted by atomic mass is 16.7. The summed E-state index contributed by atoms with van der Waals surface area (Å²) < 4.78 is 28.9. The average Bonchev–Trinajstić information content (AvgIpc) is 2.98. The van der Waals surface area contributed by atoms with Crippen molar-refractivity contribution in [2.45, 2.75) is 65.3 Å². The van der Waals surface area contributed by atoms with E-state index in [2.05, 4.69) is 0 Å². The Balaban J connectivity index is 1.79. The van der Waals surface area contributed by atoms with E-state index in [1.165, 1.54) is 14.2 Å². The van der Waals surface area contributed by atoms with Crippen LogP contribution in [0.1, 0.15) is 58.8 Å². The van der Waals surface area contributed by atoms with E-state index < -0.39 is 23.9 Å². The molecule has 10 heteroatoms. The van der Waals surface area contributed by atoms with Crippen molar-refractivity contribution in [1.29, 1.82) is 0 Å². The van der Waals surface area contributed by atoms with Gasteiger partial charge in [-0.25, -0.2) is 4.79 Å². The van der Waals surface area contributed by atoms with Crippen LogP contribution in [0.3, 0.4) is 0 Å². The van der Waals surface area contributed by atoms with Crippen LogP contribution in [-0.4, -0.2) is 86.1 Å². The normalized spacial score (nSPS) is 19.7. The van der Waals surface area contributed by atoms with Crippen LogP contribution < -0.4 is 14.9 Å². The molecule has 2 saturated heterocycles. The standard InChI is InChI=1S/C24H37BN2O7/c1-22(2,3)32-21(29)27-12-10-26(11-13-27)20(28)19-17(30-8)14-16(15-18(19)31-9)25-33-23(4,5)24(6,7)34-25/h14-15H,10-13H2,1-9H3. The zero-order valence-electron chi connectivity index (χ0n) is 21.8. The summed E-state index contributed by atoms with van der Waals surface area (Å²) in [7, 11) is 2.41. The third-order valence-electron chi connectivity index (χ3n) is 6.49. The molecule has 3 rings (SSSR count). The van der Waals surface area contributed by atoms with Gasteiger partial charge >= 0.3 is 13.2 Å². The van der Waals surface area contributed by atoms with Crippen molar-refractivity contribution in [3.05, 3.63) is 17.7 Å². The van der Waals surface area contributed by atoms with Gasteiger partial charge in [0.25, 0.3) is 5.91 Å². The maximum absolute atomic E-state index is 13.5. The van der Waals surface area contributed by atoms with E-state index in [0.29, 0.717) is 48.7 Å². The summed E-state index contributed by atoms with van der Waals surface area (Å²) in [4.78, 5) is 29.1. The molecule has 34 heavy (non-hydrogen) atoms. The number of rotatable bonds is 4. The summed E-state index contributed by atoms with van der Waals surface area (Å²) in [5.41, 5.74) is -0.528. The molecule has 0 aliphatic carbocycles. The fourth-order valence-corrected chi connectivity index (χ4v) is 3.83. The number of piperazine rings is 1. The van der Waals surface area contributed by atoms with Gasteiger partial charge in [0.05, 0.1) is 25.4 Å². The monoisotopic (exact) mass is 476 g/mol. The van der Waals surface area contributed by atoms with Crippen molar-refractivity contribution >= 4 is 24.6 Å². The molecular weight excluding hydrogens is 439 g/mol. The molecule has 0 N–H and O–H groups in total. The number of hydrogen-bond acceptors (Lipinski definition) is 7. The van der Waals surface area contributed by atoms with Crippen LogP contribution in [0.5, 0.6) is 11.5 Å². The van der Waals surface area contributed by atoms with Gasteiger partial charge in [-0.2, -0.15) is 0 Å². The molecule has 0 atom stereocenters. The summed E-state index contributed by atoms with van der Waals surface area (Å²) in [5.74, 6) is 0.533. The molecule has 0 unspecified atom stereocenters. The Labute approximate surface area is 202 Å². The summed E-state index contributed by atoms with van der Waals surface area (Å²) >= 11 is 0. The Hall–Kier alpha value is -2.46. The minimum absolute atomic E-state index is 0.224. The van der Waals surface area contributed by atoms with Crippen molar-refractivity contribution < 1.29 is 33.1 Å². The molecule has 2 heterocycles. The van der Waals surface area contributed by atoms with Crippen molar-refractivity contribution in [2.75, 3.05) is 40.4 Å². The zero-order valence-corrected chi connectivity index (χ0v) is 21.8. The molecule has 1 aromatic carbocycles. The maximum Gasteiger partial charge on any atom is 0.495 e. The number of carbonyl (C=O) groups excluding carboxylic acids is 2. The van der Waals surface area contributed by atoms with Crippen molar-refractivity contribution in [3.8, 4) is 11.5 Å². The van der Waals surface area contributed by atoms with Crippen LogP contribution in [0.25, 0.3) is 0 Å². The van der Waals surface area contributed by atoms with Crippen LogP contribution in [0.15, 0.2) is 12.1 Å².